The van der Waals surface area contributed by atoms with Crippen LogP contribution in [0.3, 0.4) is 0 Å². The van der Waals surface area contributed by atoms with E-state index in [0.717, 1.165) is 0 Å². The van der Waals surface area contributed by atoms with Crippen molar-refractivity contribution in [3.63, 3.8) is 0 Å². The third-order valence-electron chi connectivity index (χ3n) is 3.11. The highest BCUT2D eigenvalue weighted by Gasteiger charge is 2.23. The molecule has 0 radical (unpaired) electrons. The Labute approximate surface area is 124 Å². The second-order valence-electron chi connectivity index (χ2n) is 4.58. The van der Waals surface area contributed by atoms with E-state index in [4.69, 9.17) is 0 Å². The molecule has 0 bridgehead atoms. The summed E-state index contributed by atoms with van der Waals surface area (Å²) in [5.74, 6) is -1.81. The average molecular weight is 344 g/mol. The molecular weight excluding hydrogens is 329 g/mol. The largest absolute Gasteiger partial charge is 0.332 e. The van der Waals surface area contributed by atoms with E-state index in [9.17, 15) is 14.0 Å². The van der Waals surface area contributed by atoms with Gasteiger partial charge in [0.25, 0.3) is 0 Å². The number of hydrogen-bond acceptors (Lipinski definition) is 3. The van der Waals surface area contributed by atoms with Crippen LogP contribution >= 0.6 is 15.9 Å². The van der Waals surface area contributed by atoms with Crippen LogP contribution < -0.4 is 10.6 Å². The molecule has 2 N–H and O–H groups in total. The molecule has 1 aromatic carbocycles. The lowest BCUT2D eigenvalue weighted by molar-refractivity contribution is -0.143. The molecule has 20 heavy (non-hydrogen) atoms. The van der Waals surface area contributed by atoms with Gasteiger partial charge in [-0.1, -0.05) is 0 Å². The van der Waals surface area contributed by atoms with Crippen molar-refractivity contribution in [3.05, 3.63) is 28.0 Å². The van der Waals surface area contributed by atoms with E-state index in [-0.39, 0.29) is 0 Å². The zero-order chi connectivity index (χ0) is 14.7. The molecule has 7 heteroatoms. The number of piperazine rings is 1. The molecule has 0 spiro atoms. The molecule has 2 amide bonds. The molecule has 1 fully saturated rings. The highest BCUT2D eigenvalue weighted by Crippen LogP contribution is 2.23. The molecule has 1 aromatic rings. The second-order valence-corrected chi connectivity index (χ2v) is 5.43. The number of aryl methyl sites for hydroxylation is 1. The van der Waals surface area contributed by atoms with Crippen molar-refractivity contribution in [3.8, 4) is 0 Å². The van der Waals surface area contributed by atoms with Crippen LogP contribution in [0.1, 0.15) is 5.56 Å². The van der Waals surface area contributed by atoms with Gasteiger partial charge in [0, 0.05) is 31.9 Å². The first kappa shape index (κ1) is 14.9. The van der Waals surface area contributed by atoms with E-state index < -0.39 is 17.6 Å². The molecule has 108 valence electrons. The van der Waals surface area contributed by atoms with Gasteiger partial charge in [0.2, 0.25) is 0 Å². The fourth-order valence-corrected chi connectivity index (χ4v) is 2.43. The zero-order valence-corrected chi connectivity index (χ0v) is 12.6. The highest BCUT2D eigenvalue weighted by molar-refractivity contribution is 9.10. The van der Waals surface area contributed by atoms with Gasteiger partial charge >= 0.3 is 11.8 Å². The lowest BCUT2D eigenvalue weighted by atomic mass is 10.2. The maximum Gasteiger partial charge on any atom is 0.313 e. The van der Waals surface area contributed by atoms with Crippen LogP contribution in [0.4, 0.5) is 10.1 Å². The van der Waals surface area contributed by atoms with Crippen LogP contribution in [0.5, 0.6) is 0 Å². The molecule has 0 aromatic heterocycles. The highest BCUT2D eigenvalue weighted by atomic mass is 79.9. The lowest BCUT2D eigenvalue weighted by Gasteiger charge is -2.26. The minimum atomic E-state index is -0.739. The molecule has 0 aliphatic carbocycles. The summed E-state index contributed by atoms with van der Waals surface area (Å²) in [6.07, 6.45) is 0. The standard InChI is InChI=1S/C13H15BrFN3O2/c1-8-6-9(14)10(15)7-11(8)17-12(19)13(20)18-4-2-16-3-5-18/h6-7,16H,2-5H2,1H3,(H,17,19). The van der Waals surface area contributed by atoms with Crippen molar-refractivity contribution in [2.75, 3.05) is 31.5 Å². The molecule has 1 saturated heterocycles. The predicted octanol–water partition coefficient (Wildman–Crippen LogP) is 1.27. The summed E-state index contributed by atoms with van der Waals surface area (Å²) in [6, 6.07) is 2.75. The number of nitrogens with zero attached hydrogens (tertiary/aromatic N) is 1. The molecule has 1 aliphatic heterocycles. The minimum Gasteiger partial charge on any atom is -0.332 e. The van der Waals surface area contributed by atoms with Crippen LogP contribution in [0.15, 0.2) is 16.6 Å². The topological polar surface area (TPSA) is 61.4 Å². The van der Waals surface area contributed by atoms with Gasteiger partial charge in [-0.05, 0) is 40.5 Å². The average Bonchev–Trinajstić information content (AvgIpc) is 2.44. The van der Waals surface area contributed by atoms with E-state index in [1.54, 1.807) is 13.0 Å². The number of halogens is 2. The van der Waals surface area contributed by atoms with Crippen LogP contribution in [-0.4, -0.2) is 42.9 Å². The summed E-state index contributed by atoms with van der Waals surface area (Å²) in [5, 5.41) is 5.56. The summed E-state index contributed by atoms with van der Waals surface area (Å²) in [4.78, 5) is 25.3. The van der Waals surface area contributed by atoms with Crippen molar-refractivity contribution in [2.24, 2.45) is 0 Å². The first-order valence-electron chi connectivity index (χ1n) is 6.25. The number of hydrogen-bond donors (Lipinski definition) is 2. The van der Waals surface area contributed by atoms with E-state index in [1.165, 1.54) is 11.0 Å². The van der Waals surface area contributed by atoms with Gasteiger partial charge in [0.15, 0.2) is 0 Å². The Bertz CT molecular complexity index is 545. The fraction of sp³-hybridized carbons (Fsp3) is 0.385. The number of nitrogens with one attached hydrogen (secondary N) is 2. The maximum atomic E-state index is 13.5. The van der Waals surface area contributed by atoms with Crippen molar-refractivity contribution in [2.45, 2.75) is 6.92 Å². The number of rotatable bonds is 1. The molecule has 2 rings (SSSR count). The molecule has 5 nitrogen and oxygen atoms in total. The third-order valence-corrected chi connectivity index (χ3v) is 3.72. The summed E-state index contributed by atoms with van der Waals surface area (Å²) in [7, 11) is 0. The van der Waals surface area contributed by atoms with Gasteiger partial charge in [-0.2, -0.15) is 0 Å². The van der Waals surface area contributed by atoms with Crippen LogP contribution in [0.25, 0.3) is 0 Å². The van der Waals surface area contributed by atoms with E-state index >= 15 is 0 Å². The molecule has 1 aliphatic rings. The normalized spacial score (nSPS) is 15.1. The Balaban J connectivity index is 2.07. The van der Waals surface area contributed by atoms with Gasteiger partial charge in [0.05, 0.1) is 4.47 Å². The molecular formula is C13H15BrFN3O2. The van der Waals surface area contributed by atoms with Crippen molar-refractivity contribution < 1.29 is 14.0 Å². The van der Waals surface area contributed by atoms with E-state index in [1.807, 2.05) is 0 Å². The Morgan fingerprint density at radius 2 is 2.00 bits per heavy atom. The molecule has 0 atom stereocenters. The van der Waals surface area contributed by atoms with Gasteiger partial charge < -0.3 is 15.5 Å². The first-order valence-corrected chi connectivity index (χ1v) is 7.05. The molecule has 1 heterocycles. The fourth-order valence-electron chi connectivity index (χ4n) is 1.97. The number of carbonyl (C=O) groups excluding carboxylic acids is 2. The summed E-state index contributed by atoms with van der Waals surface area (Å²) < 4.78 is 13.8. The number of benzene rings is 1. The SMILES string of the molecule is Cc1cc(Br)c(F)cc1NC(=O)C(=O)N1CCNCC1. The summed E-state index contributed by atoms with van der Waals surface area (Å²) >= 11 is 3.07. The quantitative estimate of drug-likeness (QED) is 0.755. The number of amides is 2. The Morgan fingerprint density at radius 3 is 2.65 bits per heavy atom. The molecule has 0 unspecified atom stereocenters. The van der Waals surface area contributed by atoms with Crippen molar-refractivity contribution in [1.29, 1.82) is 0 Å². The minimum absolute atomic E-state index is 0.305. The van der Waals surface area contributed by atoms with Gasteiger partial charge in [-0.15, -0.1) is 0 Å². The first-order chi connectivity index (χ1) is 9.49. The summed E-state index contributed by atoms with van der Waals surface area (Å²) in [5.41, 5.74) is 0.985. The van der Waals surface area contributed by atoms with Crippen molar-refractivity contribution >= 4 is 33.4 Å². The lowest BCUT2D eigenvalue weighted by Crippen LogP contribution is -2.49. The van der Waals surface area contributed by atoms with Crippen LogP contribution in [0, 0.1) is 12.7 Å². The number of anilines is 1. The Morgan fingerprint density at radius 1 is 1.35 bits per heavy atom. The monoisotopic (exact) mass is 343 g/mol. The van der Waals surface area contributed by atoms with Gasteiger partial charge in [0.1, 0.15) is 5.82 Å². The maximum absolute atomic E-state index is 13.5. The molecule has 0 saturated carbocycles. The van der Waals surface area contributed by atoms with Crippen LogP contribution in [0.2, 0.25) is 0 Å². The van der Waals surface area contributed by atoms with Crippen molar-refractivity contribution in [1.82, 2.24) is 10.2 Å². The number of carbonyl (C=O) groups is 2. The van der Waals surface area contributed by atoms with Gasteiger partial charge in [-0.25, -0.2) is 4.39 Å². The van der Waals surface area contributed by atoms with E-state index in [2.05, 4.69) is 26.6 Å². The Hall–Kier alpha value is -1.47. The smallest absolute Gasteiger partial charge is 0.313 e. The van der Waals surface area contributed by atoms with Crippen LogP contribution in [-0.2, 0) is 9.59 Å². The summed E-state index contributed by atoms with van der Waals surface area (Å²) in [6.45, 7) is 4.07. The third kappa shape index (κ3) is 3.34. The zero-order valence-electron chi connectivity index (χ0n) is 11.0. The Kier molecular flexibility index (Phi) is 4.72. The van der Waals surface area contributed by atoms with E-state index in [0.29, 0.717) is 41.9 Å². The van der Waals surface area contributed by atoms with Gasteiger partial charge in [-0.3, -0.25) is 9.59 Å². The predicted molar refractivity (Wildman–Crippen MR) is 76.9 cm³/mol. The second kappa shape index (κ2) is 6.32.